The zero-order valence-electron chi connectivity index (χ0n) is 11.3. The first-order valence-electron chi connectivity index (χ1n) is 6.24. The number of carboxylic acids is 1. The molecule has 116 valence electrons. The number of H-pyrrole nitrogens is 1. The van der Waals surface area contributed by atoms with Crippen LogP contribution < -0.4 is 0 Å². The van der Waals surface area contributed by atoms with E-state index in [1.807, 2.05) is 0 Å². The van der Waals surface area contributed by atoms with Crippen molar-refractivity contribution in [1.29, 1.82) is 0 Å². The maximum Gasteiger partial charge on any atom is 0.322 e. The minimum atomic E-state index is -4.09. The largest absolute Gasteiger partial charge is 0.480 e. The molecule has 9 nitrogen and oxygen atoms in total. The van der Waals surface area contributed by atoms with Gasteiger partial charge in [0, 0.05) is 6.42 Å². The average Bonchev–Trinajstić information content (AvgIpc) is 2.83. The predicted molar refractivity (Wildman–Crippen MR) is 69.7 cm³/mol. The highest BCUT2D eigenvalue weighted by atomic mass is 32.2. The van der Waals surface area contributed by atoms with Gasteiger partial charge in [-0.25, -0.2) is 13.4 Å². The number of aromatic amines is 1. The number of hydrogen-bond donors (Lipinski definition) is 2. The molecule has 0 saturated carbocycles. The Labute approximate surface area is 121 Å². The van der Waals surface area contributed by atoms with Gasteiger partial charge in [-0.1, -0.05) is 0 Å². The summed E-state index contributed by atoms with van der Waals surface area (Å²) in [5.74, 6) is -3.07. The number of aliphatic carboxylic acids is 1. The molecule has 0 fully saturated rings. The van der Waals surface area contributed by atoms with Crippen LogP contribution in [0.25, 0.3) is 0 Å². The minimum Gasteiger partial charge on any atom is -0.480 e. The van der Waals surface area contributed by atoms with Crippen molar-refractivity contribution < 1.29 is 27.9 Å². The molecule has 1 aromatic rings. The van der Waals surface area contributed by atoms with Crippen molar-refractivity contribution in [3.05, 3.63) is 17.7 Å². The van der Waals surface area contributed by atoms with Crippen LogP contribution >= 0.6 is 0 Å². The van der Waals surface area contributed by atoms with Crippen LogP contribution in [-0.4, -0.2) is 58.1 Å². The molecule has 0 spiro atoms. The fourth-order valence-electron chi connectivity index (χ4n) is 2.15. The Hall–Kier alpha value is -1.94. The van der Waals surface area contributed by atoms with Crippen molar-refractivity contribution in [3.8, 4) is 0 Å². The quantitative estimate of drug-likeness (QED) is 0.674. The standard InChI is InChI=1S/C11H15N3O6S/c1-2-20-10(15)5-21(18,19)14-4-8-7(12-6-13-8)3-9(14)11(16)17/h6,9H,2-5H2,1H3,(H,12,13)(H,16,17). The fraction of sp³-hybridized carbons (Fsp3) is 0.545. The monoisotopic (exact) mass is 317 g/mol. The number of hydrogen-bond acceptors (Lipinski definition) is 6. The molecule has 2 rings (SSSR count). The molecule has 2 N–H and O–H groups in total. The normalized spacial score (nSPS) is 19.0. The number of rotatable bonds is 5. The van der Waals surface area contributed by atoms with E-state index in [1.54, 1.807) is 6.92 Å². The second-order valence-corrected chi connectivity index (χ2v) is 6.41. The molecular weight excluding hydrogens is 302 g/mol. The summed E-state index contributed by atoms with van der Waals surface area (Å²) in [6, 6.07) is -1.28. The van der Waals surface area contributed by atoms with E-state index in [4.69, 9.17) is 0 Å². The van der Waals surface area contributed by atoms with Crippen LogP contribution in [0.1, 0.15) is 18.3 Å². The summed E-state index contributed by atoms with van der Waals surface area (Å²) in [4.78, 5) is 29.4. The minimum absolute atomic E-state index is 0.0454. The third kappa shape index (κ3) is 3.22. The molecule has 0 bridgehead atoms. The second kappa shape index (κ2) is 5.82. The molecule has 1 aromatic heterocycles. The highest BCUT2D eigenvalue weighted by Gasteiger charge is 2.41. The number of carboxylic acid groups (broad SMARTS) is 1. The maximum absolute atomic E-state index is 12.2. The summed E-state index contributed by atoms with van der Waals surface area (Å²) in [6.45, 7) is 1.46. The third-order valence-corrected chi connectivity index (χ3v) is 4.80. The van der Waals surface area contributed by atoms with Gasteiger partial charge >= 0.3 is 11.9 Å². The van der Waals surface area contributed by atoms with Crippen molar-refractivity contribution in [1.82, 2.24) is 14.3 Å². The molecule has 1 aliphatic heterocycles. The van der Waals surface area contributed by atoms with Crippen LogP contribution in [0.5, 0.6) is 0 Å². The number of fused-ring (bicyclic) bond motifs is 1. The lowest BCUT2D eigenvalue weighted by Crippen LogP contribution is -2.50. The zero-order chi connectivity index (χ0) is 15.6. The predicted octanol–water partition coefficient (Wildman–Crippen LogP) is -0.886. The van der Waals surface area contributed by atoms with Crippen LogP contribution in [0.3, 0.4) is 0 Å². The molecule has 21 heavy (non-hydrogen) atoms. The number of carbonyl (C=O) groups excluding carboxylic acids is 1. The summed E-state index contributed by atoms with van der Waals surface area (Å²) in [6.07, 6.45) is 1.33. The summed E-state index contributed by atoms with van der Waals surface area (Å²) in [7, 11) is -4.09. The van der Waals surface area contributed by atoms with Gasteiger partial charge in [0.1, 0.15) is 6.04 Å². The van der Waals surface area contributed by atoms with Gasteiger partial charge in [-0.2, -0.15) is 4.31 Å². The number of aromatic nitrogens is 2. The Morgan fingerprint density at radius 1 is 1.57 bits per heavy atom. The van der Waals surface area contributed by atoms with Gasteiger partial charge in [-0.05, 0) is 6.92 Å². The van der Waals surface area contributed by atoms with Crippen LogP contribution in [0.4, 0.5) is 0 Å². The Bertz CT molecular complexity index is 653. The van der Waals surface area contributed by atoms with Gasteiger partial charge in [-0.3, -0.25) is 9.59 Å². The molecule has 1 unspecified atom stereocenters. The first kappa shape index (κ1) is 15.4. The number of carbonyl (C=O) groups is 2. The van der Waals surface area contributed by atoms with Crippen LogP contribution in [0.2, 0.25) is 0 Å². The van der Waals surface area contributed by atoms with Gasteiger partial charge in [-0.15, -0.1) is 0 Å². The lowest BCUT2D eigenvalue weighted by Gasteiger charge is -2.30. The molecule has 0 saturated heterocycles. The van der Waals surface area contributed by atoms with Gasteiger partial charge in [0.2, 0.25) is 10.0 Å². The van der Waals surface area contributed by atoms with Gasteiger partial charge < -0.3 is 14.8 Å². The van der Waals surface area contributed by atoms with Crippen molar-refractivity contribution in [3.63, 3.8) is 0 Å². The van der Waals surface area contributed by atoms with Crippen LogP contribution in [-0.2, 0) is 37.3 Å². The smallest absolute Gasteiger partial charge is 0.322 e. The molecule has 0 amide bonds. The number of ether oxygens (including phenoxy) is 1. The van der Waals surface area contributed by atoms with Gasteiger partial charge in [0.05, 0.1) is 30.9 Å². The molecule has 1 aliphatic rings. The van der Waals surface area contributed by atoms with E-state index in [0.717, 1.165) is 4.31 Å². The topological polar surface area (TPSA) is 130 Å². The highest BCUT2D eigenvalue weighted by Crippen LogP contribution is 2.24. The average molecular weight is 317 g/mol. The summed E-state index contributed by atoms with van der Waals surface area (Å²) in [5.41, 5.74) is 1.05. The molecule has 2 heterocycles. The third-order valence-electron chi connectivity index (χ3n) is 3.10. The molecular formula is C11H15N3O6S. The van der Waals surface area contributed by atoms with Gasteiger partial charge in [0.15, 0.2) is 5.75 Å². The first-order chi connectivity index (χ1) is 9.85. The molecule has 10 heteroatoms. The molecule has 0 radical (unpaired) electrons. The van der Waals surface area contributed by atoms with Gasteiger partial charge in [0.25, 0.3) is 0 Å². The highest BCUT2D eigenvalue weighted by molar-refractivity contribution is 7.89. The van der Waals surface area contributed by atoms with E-state index in [9.17, 15) is 23.1 Å². The van der Waals surface area contributed by atoms with E-state index in [2.05, 4.69) is 14.7 Å². The first-order valence-corrected chi connectivity index (χ1v) is 7.85. The fourth-order valence-corrected chi connectivity index (χ4v) is 3.58. The van der Waals surface area contributed by atoms with Crippen molar-refractivity contribution in [2.75, 3.05) is 12.4 Å². The Morgan fingerprint density at radius 3 is 2.90 bits per heavy atom. The Balaban J connectivity index is 2.27. The summed E-state index contributed by atoms with van der Waals surface area (Å²) >= 11 is 0. The van der Waals surface area contributed by atoms with E-state index in [-0.39, 0.29) is 19.6 Å². The van der Waals surface area contributed by atoms with E-state index >= 15 is 0 Å². The summed E-state index contributed by atoms with van der Waals surface area (Å²) in [5, 5.41) is 9.21. The van der Waals surface area contributed by atoms with Crippen LogP contribution in [0, 0.1) is 0 Å². The molecule has 1 atom stereocenters. The number of sulfonamides is 1. The van der Waals surface area contributed by atoms with Crippen LogP contribution in [0.15, 0.2) is 6.33 Å². The lowest BCUT2D eigenvalue weighted by atomic mass is 10.1. The molecule has 0 aliphatic carbocycles. The Kier molecular flexibility index (Phi) is 4.28. The number of nitrogens with zero attached hydrogens (tertiary/aromatic N) is 2. The van der Waals surface area contributed by atoms with Crippen molar-refractivity contribution in [2.45, 2.75) is 25.9 Å². The Morgan fingerprint density at radius 2 is 2.29 bits per heavy atom. The number of nitrogens with one attached hydrogen (secondary N) is 1. The van der Waals surface area contributed by atoms with Crippen molar-refractivity contribution >= 4 is 22.0 Å². The summed E-state index contributed by atoms with van der Waals surface area (Å²) < 4.78 is 29.9. The number of imidazole rings is 1. The number of esters is 1. The van der Waals surface area contributed by atoms with E-state index in [0.29, 0.717) is 11.4 Å². The van der Waals surface area contributed by atoms with E-state index in [1.165, 1.54) is 6.33 Å². The SMILES string of the molecule is CCOC(=O)CS(=O)(=O)N1Cc2[nH]cnc2CC1C(=O)O. The zero-order valence-corrected chi connectivity index (χ0v) is 12.1. The molecule has 0 aromatic carbocycles. The van der Waals surface area contributed by atoms with E-state index < -0.39 is 33.8 Å². The second-order valence-electron chi connectivity index (χ2n) is 4.49. The maximum atomic E-state index is 12.2. The lowest BCUT2D eigenvalue weighted by molar-refractivity contribution is -0.143. The van der Waals surface area contributed by atoms with Crippen molar-refractivity contribution in [2.24, 2.45) is 0 Å².